The van der Waals surface area contributed by atoms with Gasteiger partial charge < -0.3 is 9.64 Å². The molecule has 1 saturated heterocycles. The molecule has 3 aromatic carbocycles. The van der Waals surface area contributed by atoms with Crippen LogP contribution in [-0.4, -0.2) is 42.3 Å². The van der Waals surface area contributed by atoms with E-state index in [4.69, 9.17) is 16.3 Å². The van der Waals surface area contributed by atoms with Crippen molar-refractivity contribution in [2.75, 3.05) is 18.6 Å². The van der Waals surface area contributed by atoms with E-state index in [1.807, 2.05) is 30.3 Å². The van der Waals surface area contributed by atoms with E-state index in [-0.39, 0.29) is 24.8 Å². The summed E-state index contributed by atoms with van der Waals surface area (Å²) in [6.07, 6.45) is 0.462. The van der Waals surface area contributed by atoms with Crippen LogP contribution in [0.4, 0.5) is 5.69 Å². The quantitative estimate of drug-likeness (QED) is 0.489. The van der Waals surface area contributed by atoms with Gasteiger partial charge in [-0.15, -0.1) is 0 Å². The predicted molar refractivity (Wildman–Crippen MR) is 127 cm³/mol. The van der Waals surface area contributed by atoms with Crippen molar-refractivity contribution in [1.82, 2.24) is 4.90 Å². The van der Waals surface area contributed by atoms with Gasteiger partial charge >= 0.3 is 0 Å². The zero-order valence-corrected chi connectivity index (χ0v) is 18.9. The molecule has 7 heteroatoms. The number of amides is 3. The Morgan fingerprint density at radius 2 is 1.67 bits per heavy atom. The molecule has 0 bridgehead atoms. The summed E-state index contributed by atoms with van der Waals surface area (Å²) in [4.78, 5) is 42.2. The molecule has 0 aliphatic carbocycles. The summed E-state index contributed by atoms with van der Waals surface area (Å²) in [5, 5.41) is 0.509. The highest BCUT2D eigenvalue weighted by molar-refractivity contribution is 6.31. The summed E-state index contributed by atoms with van der Waals surface area (Å²) < 4.78 is 5.20. The largest absolute Gasteiger partial charge is 0.497 e. The number of imide groups is 1. The van der Waals surface area contributed by atoms with Gasteiger partial charge in [0.05, 0.1) is 19.2 Å². The van der Waals surface area contributed by atoms with Gasteiger partial charge in [-0.05, 0) is 60.5 Å². The SMILES string of the molecule is COc1ccc(CCN(C(=O)c2ccccc2)[C@H]2CC(=O)N(c3ccc(Cl)cc3)C2=O)cc1. The molecule has 0 aromatic heterocycles. The summed E-state index contributed by atoms with van der Waals surface area (Å²) in [6.45, 7) is 0.290. The van der Waals surface area contributed by atoms with Crippen LogP contribution in [0.1, 0.15) is 22.3 Å². The molecule has 4 rings (SSSR count). The van der Waals surface area contributed by atoms with Crippen molar-refractivity contribution in [3.05, 3.63) is 95.0 Å². The normalized spacial score (nSPS) is 15.6. The minimum absolute atomic E-state index is 0.0668. The third-order valence-electron chi connectivity index (χ3n) is 5.67. The van der Waals surface area contributed by atoms with E-state index in [9.17, 15) is 14.4 Å². The lowest BCUT2D eigenvalue weighted by Gasteiger charge is -2.28. The molecular weight excluding hydrogens is 440 g/mol. The zero-order valence-electron chi connectivity index (χ0n) is 18.1. The number of rotatable bonds is 7. The fraction of sp³-hybridized carbons (Fsp3) is 0.192. The maximum Gasteiger partial charge on any atom is 0.257 e. The lowest BCUT2D eigenvalue weighted by molar-refractivity contribution is -0.122. The van der Waals surface area contributed by atoms with Crippen molar-refractivity contribution < 1.29 is 19.1 Å². The number of anilines is 1. The van der Waals surface area contributed by atoms with Crippen molar-refractivity contribution in [1.29, 1.82) is 0 Å². The van der Waals surface area contributed by atoms with Gasteiger partial charge in [-0.1, -0.05) is 41.9 Å². The van der Waals surface area contributed by atoms with Crippen LogP contribution in [0.5, 0.6) is 5.75 Å². The van der Waals surface area contributed by atoms with E-state index >= 15 is 0 Å². The molecular formula is C26H23ClN2O4. The van der Waals surface area contributed by atoms with E-state index in [0.717, 1.165) is 16.2 Å². The minimum atomic E-state index is -0.876. The van der Waals surface area contributed by atoms with Crippen LogP contribution >= 0.6 is 11.6 Å². The zero-order chi connectivity index (χ0) is 23.4. The Morgan fingerprint density at radius 3 is 2.30 bits per heavy atom. The third-order valence-corrected chi connectivity index (χ3v) is 5.92. The third kappa shape index (κ3) is 4.91. The Morgan fingerprint density at radius 1 is 1.00 bits per heavy atom. The molecule has 1 fully saturated rings. The van der Waals surface area contributed by atoms with Crippen molar-refractivity contribution in [3.63, 3.8) is 0 Å². The highest BCUT2D eigenvalue weighted by Gasteiger charge is 2.44. The topological polar surface area (TPSA) is 66.9 Å². The van der Waals surface area contributed by atoms with Crippen LogP contribution in [0.2, 0.25) is 5.02 Å². The van der Waals surface area contributed by atoms with E-state index in [2.05, 4.69) is 0 Å². The number of benzene rings is 3. The van der Waals surface area contributed by atoms with Gasteiger partial charge in [0.2, 0.25) is 5.91 Å². The first-order valence-corrected chi connectivity index (χ1v) is 11.0. The minimum Gasteiger partial charge on any atom is -0.497 e. The second-order valence-corrected chi connectivity index (χ2v) is 8.16. The molecule has 0 spiro atoms. The van der Waals surface area contributed by atoms with Crippen LogP contribution in [0, 0.1) is 0 Å². The number of ether oxygens (including phenoxy) is 1. The molecule has 0 unspecified atom stereocenters. The Bertz CT molecular complexity index is 1150. The van der Waals surface area contributed by atoms with Crippen molar-refractivity contribution >= 4 is 35.0 Å². The summed E-state index contributed by atoms with van der Waals surface area (Å²) >= 11 is 5.95. The molecule has 3 aromatic rings. The fourth-order valence-corrected chi connectivity index (χ4v) is 4.03. The average Bonchev–Trinajstić information content (AvgIpc) is 3.14. The molecule has 0 N–H and O–H groups in total. The van der Waals surface area contributed by atoms with E-state index < -0.39 is 11.9 Å². The molecule has 0 saturated carbocycles. The Balaban J connectivity index is 1.60. The lowest BCUT2D eigenvalue weighted by Crippen LogP contribution is -2.46. The average molecular weight is 463 g/mol. The van der Waals surface area contributed by atoms with Crippen LogP contribution in [0.15, 0.2) is 78.9 Å². The van der Waals surface area contributed by atoms with Gasteiger partial charge in [-0.2, -0.15) is 0 Å². The Labute approximate surface area is 197 Å². The molecule has 1 aliphatic heterocycles. The van der Waals surface area contributed by atoms with Crippen LogP contribution in [0.3, 0.4) is 0 Å². The molecule has 1 aliphatic rings. The smallest absolute Gasteiger partial charge is 0.257 e. The Kier molecular flexibility index (Phi) is 6.75. The first-order chi connectivity index (χ1) is 16.0. The van der Waals surface area contributed by atoms with Crippen LogP contribution in [-0.2, 0) is 16.0 Å². The van der Waals surface area contributed by atoms with E-state index in [1.165, 1.54) is 4.90 Å². The summed E-state index contributed by atoms with van der Waals surface area (Å²) in [7, 11) is 1.60. The number of nitrogens with zero attached hydrogens (tertiary/aromatic N) is 2. The first-order valence-electron chi connectivity index (χ1n) is 10.6. The molecule has 3 amide bonds. The highest BCUT2D eigenvalue weighted by atomic mass is 35.5. The summed E-state index contributed by atoms with van der Waals surface area (Å²) in [5.74, 6) is -0.302. The number of hydrogen-bond acceptors (Lipinski definition) is 4. The number of halogens is 1. The number of carbonyl (C=O) groups is 3. The van der Waals surface area contributed by atoms with Crippen LogP contribution in [0.25, 0.3) is 0 Å². The van der Waals surface area contributed by atoms with Gasteiger partial charge in [-0.3, -0.25) is 14.4 Å². The maximum atomic E-state index is 13.4. The monoisotopic (exact) mass is 462 g/mol. The van der Waals surface area contributed by atoms with Gasteiger partial charge in [-0.25, -0.2) is 4.90 Å². The van der Waals surface area contributed by atoms with E-state index in [1.54, 1.807) is 55.6 Å². The first kappa shape index (κ1) is 22.6. The van der Waals surface area contributed by atoms with Gasteiger partial charge in [0.25, 0.3) is 11.8 Å². The Hall–Kier alpha value is -3.64. The second kappa shape index (κ2) is 9.88. The molecule has 168 valence electrons. The summed E-state index contributed by atoms with van der Waals surface area (Å²) in [5.41, 5.74) is 1.91. The second-order valence-electron chi connectivity index (χ2n) is 7.73. The molecule has 6 nitrogen and oxygen atoms in total. The standard InChI is InChI=1S/C26H23ClN2O4/c1-33-22-13-7-18(8-14-22)15-16-28(25(31)19-5-3-2-4-6-19)23-17-24(30)29(26(23)32)21-11-9-20(27)10-12-21/h2-14,23H,15-17H2,1H3/t23-/m0/s1. The van der Waals surface area contributed by atoms with Crippen molar-refractivity contribution in [3.8, 4) is 5.75 Å². The van der Waals surface area contributed by atoms with E-state index in [0.29, 0.717) is 22.7 Å². The van der Waals surface area contributed by atoms with Crippen molar-refractivity contribution in [2.24, 2.45) is 0 Å². The number of methoxy groups -OCH3 is 1. The van der Waals surface area contributed by atoms with Gasteiger partial charge in [0, 0.05) is 17.1 Å². The summed E-state index contributed by atoms with van der Waals surface area (Å²) in [6, 6.07) is 22.0. The number of hydrogen-bond donors (Lipinski definition) is 0. The maximum absolute atomic E-state index is 13.4. The van der Waals surface area contributed by atoms with Crippen LogP contribution < -0.4 is 9.64 Å². The molecule has 33 heavy (non-hydrogen) atoms. The predicted octanol–water partition coefficient (Wildman–Crippen LogP) is 4.37. The molecule has 1 atom stereocenters. The number of carbonyl (C=O) groups excluding carboxylic acids is 3. The van der Waals surface area contributed by atoms with Crippen molar-refractivity contribution in [2.45, 2.75) is 18.9 Å². The highest BCUT2D eigenvalue weighted by Crippen LogP contribution is 2.28. The van der Waals surface area contributed by atoms with Gasteiger partial charge in [0.15, 0.2) is 0 Å². The van der Waals surface area contributed by atoms with Gasteiger partial charge in [0.1, 0.15) is 11.8 Å². The lowest BCUT2D eigenvalue weighted by atomic mass is 10.1. The fourth-order valence-electron chi connectivity index (χ4n) is 3.91. The molecule has 1 heterocycles. The molecule has 0 radical (unpaired) electrons.